The number of esters is 1. The predicted molar refractivity (Wildman–Crippen MR) is 98.4 cm³/mol. The maximum atomic E-state index is 13.6. The first kappa shape index (κ1) is 19.6. The van der Waals surface area contributed by atoms with Crippen LogP contribution in [-0.2, 0) is 16.1 Å². The van der Waals surface area contributed by atoms with E-state index in [0.717, 1.165) is 6.42 Å². The minimum absolute atomic E-state index is 0.120. The first-order chi connectivity index (χ1) is 12.5. The Balaban J connectivity index is 1.85. The van der Waals surface area contributed by atoms with Crippen LogP contribution < -0.4 is 5.32 Å². The molecule has 0 aliphatic rings. The van der Waals surface area contributed by atoms with E-state index in [-0.39, 0.29) is 24.2 Å². The van der Waals surface area contributed by atoms with Crippen LogP contribution >= 0.6 is 0 Å². The minimum Gasteiger partial charge on any atom is -0.462 e. The van der Waals surface area contributed by atoms with E-state index in [9.17, 15) is 14.0 Å². The number of benzene rings is 2. The van der Waals surface area contributed by atoms with Crippen LogP contribution in [0.2, 0.25) is 0 Å². The number of nitrogens with zero attached hydrogens (tertiary/aromatic N) is 1. The number of hydrogen-bond acceptors (Lipinski definition) is 4. The van der Waals surface area contributed by atoms with E-state index in [1.54, 1.807) is 54.4 Å². The second-order valence-corrected chi connectivity index (χ2v) is 6.03. The van der Waals surface area contributed by atoms with Crippen molar-refractivity contribution in [3.8, 4) is 0 Å². The summed E-state index contributed by atoms with van der Waals surface area (Å²) in [6.45, 7) is 2.76. The molecule has 2 aromatic carbocycles. The van der Waals surface area contributed by atoms with Crippen molar-refractivity contribution >= 4 is 17.6 Å². The smallest absolute Gasteiger partial charge is 0.338 e. The molecule has 0 radical (unpaired) electrons. The zero-order valence-electron chi connectivity index (χ0n) is 15.0. The molecule has 138 valence electrons. The van der Waals surface area contributed by atoms with Crippen molar-refractivity contribution in [1.82, 2.24) is 4.90 Å². The molecule has 26 heavy (non-hydrogen) atoms. The Morgan fingerprint density at radius 3 is 2.46 bits per heavy atom. The average molecular weight is 358 g/mol. The highest BCUT2D eigenvalue weighted by Gasteiger charge is 2.11. The molecule has 0 fully saturated rings. The summed E-state index contributed by atoms with van der Waals surface area (Å²) >= 11 is 0. The number of anilines is 1. The molecule has 0 heterocycles. The van der Waals surface area contributed by atoms with Gasteiger partial charge in [0.05, 0.1) is 18.7 Å². The molecular weight excluding hydrogens is 335 g/mol. The highest BCUT2D eigenvalue weighted by atomic mass is 19.1. The van der Waals surface area contributed by atoms with Crippen molar-refractivity contribution in [2.45, 2.75) is 19.9 Å². The van der Waals surface area contributed by atoms with Crippen molar-refractivity contribution < 1.29 is 18.7 Å². The number of carbonyl (C=O) groups excluding carboxylic acids is 2. The lowest BCUT2D eigenvalue weighted by molar-refractivity contribution is -0.117. The Kier molecular flexibility index (Phi) is 7.29. The van der Waals surface area contributed by atoms with Crippen molar-refractivity contribution in [3.05, 3.63) is 65.5 Å². The van der Waals surface area contributed by atoms with E-state index < -0.39 is 0 Å². The Hall–Kier alpha value is -2.73. The summed E-state index contributed by atoms with van der Waals surface area (Å²) in [7, 11) is 1.75. The lowest BCUT2D eigenvalue weighted by Crippen LogP contribution is -2.30. The molecule has 0 atom stereocenters. The van der Waals surface area contributed by atoms with Gasteiger partial charge < -0.3 is 10.1 Å². The van der Waals surface area contributed by atoms with Gasteiger partial charge in [-0.25, -0.2) is 9.18 Å². The molecule has 0 saturated heterocycles. The van der Waals surface area contributed by atoms with Gasteiger partial charge in [0.15, 0.2) is 0 Å². The van der Waals surface area contributed by atoms with E-state index in [2.05, 4.69) is 5.32 Å². The number of carbonyl (C=O) groups is 2. The fourth-order valence-corrected chi connectivity index (χ4v) is 2.39. The van der Waals surface area contributed by atoms with Crippen LogP contribution in [0.15, 0.2) is 48.5 Å². The van der Waals surface area contributed by atoms with E-state index >= 15 is 0 Å². The summed E-state index contributed by atoms with van der Waals surface area (Å²) in [5.41, 5.74) is 1.56. The second-order valence-electron chi connectivity index (χ2n) is 6.03. The fraction of sp³-hybridized carbons (Fsp3) is 0.300. The number of hydrogen-bond donors (Lipinski definition) is 1. The molecule has 6 heteroatoms. The quantitative estimate of drug-likeness (QED) is 0.734. The molecule has 0 aliphatic carbocycles. The third-order valence-corrected chi connectivity index (χ3v) is 3.65. The topological polar surface area (TPSA) is 58.6 Å². The Bertz CT molecular complexity index is 747. The molecule has 1 N–H and O–H groups in total. The second kappa shape index (κ2) is 9.68. The first-order valence-electron chi connectivity index (χ1n) is 8.48. The molecule has 1 amide bonds. The van der Waals surface area contributed by atoms with Gasteiger partial charge in [-0.05, 0) is 43.8 Å². The van der Waals surface area contributed by atoms with Crippen molar-refractivity contribution in [2.24, 2.45) is 0 Å². The van der Waals surface area contributed by atoms with Crippen molar-refractivity contribution in [3.63, 3.8) is 0 Å². The van der Waals surface area contributed by atoms with Gasteiger partial charge in [-0.2, -0.15) is 0 Å². The number of nitrogens with one attached hydrogen (secondary N) is 1. The van der Waals surface area contributed by atoms with Crippen LogP contribution in [0.25, 0.3) is 0 Å². The Labute approximate surface area is 152 Å². The summed E-state index contributed by atoms with van der Waals surface area (Å²) in [4.78, 5) is 25.6. The maximum Gasteiger partial charge on any atom is 0.338 e. The number of halogens is 1. The molecule has 0 aliphatic heterocycles. The fourth-order valence-electron chi connectivity index (χ4n) is 2.39. The van der Waals surface area contributed by atoms with Gasteiger partial charge in [-0.15, -0.1) is 0 Å². The average Bonchev–Trinajstić information content (AvgIpc) is 2.62. The predicted octanol–water partition coefficient (Wildman–Crippen LogP) is 3.46. The van der Waals surface area contributed by atoms with Gasteiger partial charge in [-0.1, -0.05) is 25.1 Å². The van der Waals surface area contributed by atoms with Gasteiger partial charge in [0.1, 0.15) is 5.82 Å². The van der Waals surface area contributed by atoms with Crippen LogP contribution in [0.1, 0.15) is 29.3 Å². The Morgan fingerprint density at radius 1 is 1.12 bits per heavy atom. The summed E-state index contributed by atoms with van der Waals surface area (Å²) < 4.78 is 18.7. The standard InChI is InChI=1S/C20H23FN2O3/c1-3-12-26-20(25)15-8-10-17(11-9-15)22-19(24)14-23(2)13-16-6-4-5-7-18(16)21/h4-11H,3,12-14H2,1-2H3,(H,22,24). The molecular formula is C20H23FN2O3. The molecule has 0 spiro atoms. The normalized spacial score (nSPS) is 10.6. The molecule has 2 rings (SSSR count). The third kappa shape index (κ3) is 5.97. The number of rotatable bonds is 8. The maximum absolute atomic E-state index is 13.6. The molecule has 2 aromatic rings. The van der Waals surface area contributed by atoms with Crippen LogP contribution in [0.4, 0.5) is 10.1 Å². The van der Waals surface area contributed by atoms with Crippen LogP contribution in [-0.4, -0.2) is 37.0 Å². The van der Waals surface area contributed by atoms with Gasteiger partial charge in [0.25, 0.3) is 0 Å². The third-order valence-electron chi connectivity index (χ3n) is 3.65. The molecule has 0 aromatic heterocycles. The van der Waals surface area contributed by atoms with Gasteiger partial charge >= 0.3 is 5.97 Å². The SMILES string of the molecule is CCCOC(=O)c1ccc(NC(=O)CN(C)Cc2ccccc2F)cc1. The summed E-state index contributed by atoms with van der Waals surface area (Å²) in [5.74, 6) is -0.884. The first-order valence-corrected chi connectivity index (χ1v) is 8.48. The lowest BCUT2D eigenvalue weighted by Gasteiger charge is -2.16. The van der Waals surface area contributed by atoms with Gasteiger partial charge in [0, 0.05) is 17.8 Å². The largest absolute Gasteiger partial charge is 0.462 e. The highest BCUT2D eigenvalue weighted by Crippen LogP contribution is 2.12. The van der Waals surface area contributed by atoms with E-state index in [4.69, 9.17) is 4.74 Å². The van der Waals surface area contributed by atoms with Crippen molar-refractivity contribution in [2.75, 3.05) is 25.5 Å². The van der Waals surface area contributed by atoms with Crippen LogP contribution in [0.5, 0.6) is 0 Å². The number of likely N-dealkylation sites (N-methyl/N-ethyl adjacent to an activating group) is 1. The zero-order valence-corrected chi connectivity index (χ0v) is 15.0. The highest BCUT2D eigenvalue weighted by molar-refractivity contribution is 5.94. The molecule has 0 saturated carbocycles. The molecule has 0 bridgehead atoms. The van der Waals surface area contributed by atoms with Gasteiger partial charge in [-0.3, -0.25) is 9.69 Å². The monoisotopic (exact) mass is 358 g/mol. The molecule has 5 nitrogen and oxygen atoms in total. The zero-order chi connectivity index (χ0) is 18.9. The minimum atomic E-state index is -0.380. The summed E-state index contributed by atoms with van der Waals surface area (Å²) in [6, 6.07) is 13.0. The number of amides is 1. The Morgan fingerprint density at radius 2 is 1.81 bits per heavy atom. The van der Waals surface area contributed by atoms with E-state index in [1.807, 2.05) is 6.92 Å². The van der Waals surface area contributed by atoms with Crippen LogP contribution in [0.3, 0.4) is 0 Å². The summed E-state index contributed by atoms with van der Waals surface area (Å²) in [5, 5.41) is 2.76. The van der Waals surface area contributed by atoms with E-state index in [0.29, 0.717) is 30.0 Å². The summed E-state index contributed by atoms with van der Waals surface area (Å²) in [6.07, 6.45) is 0.764. The lowest BCUT2D eigenvalue weighted by atomic mass is 10.2. The van der Waals surface area contributed by atoms with E-state index in [1.165, 1.54) is 6.07 Å². The molecule has 0 unspecified atom stereocenters. The number of ether oxygens (including phenoxy) is 1. The van der Waals surface area contributed by atoms with Crippen molar-refractivity contribution in [1.29, 1.82) is 0 Å². The van der Waals surface area contributed by atoms with Crippen LogP contribution in [0, 0.1) is 5.82 Å². The van der Waals surface area contributed by atoms with Gasteiger partial charge in [0.2, 0.25) is 5.91 Å².